The molecule has 0 radical (unpaired) electrons. The number of amides is 3. The normalized spacial score (nSPS) is 9.58. The molecule has 0 saturated carbocycles. The van der Waals surface area contributed by atoms with E-state index in [0.717, 1.165) is 5.75 Å². The zero-order chi connectivity index (χ0) is 14.1. The summed E-state index contributed by atoms with van der Waals surface area (Å²) in [5.41, 5.74) is 0. The monoisotopic (exact) mass is 266 g/mol. The highest BCUT2D eigenvalue weighted by Gasteiger charge is 2.07. The third-order valence-electron chi connectivity index (χ3n) is 2.09. The van der Waals surface area contributed by atoms with Crippen LogP contribution < -0.4 is 20.1 Å². The molecule has 104 valence electrons. The molecular weight excluding hydrogens is 248 g/mol. The van der Waals surface area contributed by atoms with Crippen molar-refractivity contribution in [2.75, 3.05) is 19.8 Å². The third kappa shape index (κ3) is 5.76. The van der Waals surface area contributed by atoms with E-state index in [1.807, 2.05) is 6.92 Å². The summed E-state index contributed by atoms with van der Waals surface area (Å²) in [5.74, 6) is 0.774. The number of carbonyl (C=O) groups is 2. The van der Waals surface area contributed by atoms with Gasteiger partial charge < -0.3 is 14.8 Å². The first-order valence-electron chi connectivity index (χ1n) is 6.09. The van der Waals surface area contributed by atoms with Crippen LogP contribution in [0.5, 0.6) is 11.5 Å². The van der Waals surface area contributed by atoms with Gasteiger partial charge in [-0.15, -0.1) is 0 Å². The molecule has 1 rings (SSSR count). The number of hydrogen-bond acceptors (Lipinski definition) is 4. The largest absolute Gasteiger partial charge is 0.494 e. The SMILES string of the molecule is CCNC(=O)NC(=O)COc1ccc(OCC)cc1. The van der Waals surface area contributed by atoms with Gasteiger partial charge in [0.2, 0.25) is 0 Å². The molecule has 2 N–H and O–H groups in total. The van der Waals surface area contributed by atoms with Crippen LogP contribution in [0.25, 0.3) is 0 Å². The molecule has 0 bridgehead atoms. The Labute approximate surface area is 112 Å². The Morgan fingerprint density at radius 3 is 2.16 bits per heavy atom. The number of imide groups is 1. The quantitative estimate of drug-likeness (QED) is 0.814. The number of carbonyl (C=O) groups excluding carboxylic acids is 2. The Hall–Kier alpha value is -2.24. The number of nitrogens with one attached hydrogen (secondary N) is 2. The Morgan fingerprint density at radius 1 is 1.05 bits per heavy atom. The standard InChI is InChI=1S/C13H18N2O4/c1-3-14-13(17)15-12(16)9-19-11-7-5-10(6-8-11)18-4-2/h5-8H,3-4,9H2,1-2H3,(H2,14,15,16,17). The number of urea groups is 1. The molecule has 1 aromatic carbocycles. The minimum Gasteiger partial charge on any atom is -0.494 e. The molecular formula is C13H18N2O4. The van der Waals surface area contributed by atoms with Crippen molar-refractivity contribution in [3.63, 3.8) is 0 Å². The summed E-state index contributed by atoms with van der Waals surface area (Å²) in [6.45, 7) is 4.50. The number of rotatable bonds is 6. The molecule has 0 saturated heterocycles. The Morgan fingerprint density at radius 2 is 1.63 bits per heavy atom. The fraction of sp³-hybridized carbons (Fsp3) is 0.385. The molecule has 6 heteroatoms. The van der Waals surface area contributed by atoms with E-state index >= 15 is 0 Å². The van der Waals surface area contributed by atoms with Gasteiger partial charge in [0.1, 0.15) is 11.5 Å². The van der Waals surface area contributed by atoms with Crippen molar-refractivity contribution < 1.29 is 19.1 Å². The number of benzene rings is 1. The van der Waals surface area contributed by atoms with Crippen LogP contribution in [-0.4, -0.2) is 31.7 Å². The average Bonchev–Trinajstić information content (AvgIpc) is 2.38. The fourth-order valence-electron chi connectivity index (χ4n) is 1.32. The van der Waals surface area contributed by atoms with Gasteiger partial charge in [-0.25, -0.2) is 4.79 Å². The number of hydrogen-bond donors (Lipinski definition) is 2. The van der Waals surface area contributed by atoms with E-state index in [2.05, 4.69) is 10.6 Å². The van der Waals surface area contributed by atoms with E-state index < -0.39 is 11.9 Å². The minimum absolute atomic E-state index is 0.217. The molecule has 3 amide bonds. The Bertz CT molecular complexity index is 417. The lowest BCUT2D eigenvalue weighted by Gasteiger charge is -2.08. The molecule has 0 atom stereocenters. The van der Waals surface area contributed by atoms with Crippen molar-refractivity contribution in [1.29, 1.82) is 0 Å². The van der Waals surface area contributed by atoms with Crippen LogP contribution in [0.2, 0.25) is 0 Å². The maximum absolute atomic E-state index is 11.3. The van der Waals surface area contributed by atoms with Crippen LogP contribution >= 0.6 is 0 Å². The second-order valence-electron chi connectivity index (χ2n) is 3.60. The topological polar surface area (TPSA) is 76.7 Å². The second-order valence-corrected chi connectivity index (χ2v) is 3.60. The lowest BCUT2D eigenvalue weighted by Crippen LogP contribution is -2.41. The maximum atomic E-state index is 11.3. The summed E-state index contributed by atoms with van der Waals surface area (Å²) in [4.78, 5) is 22.4. The first-order chi connectivity index (χ1) is 9.15. The van der Waals surface area contributed by atoms with Crippen molar-refractivity contribution >= 4 is 11.9 Å². The van der Waals surface area contributed by atoms with Crippen molar-refractivity contribution in [3.05, 3.63) is 24.3 Å². The molecule has 0 fully saturated rings. The highest BCUT2D eigenvalue weighted by molar-refractivity contribution is 5.94. The second kappa shape index (κ2) is 7.97. The van der Waals surface area contributed by atoms with Gasteiger partial charge in [0.05, 0.1) is 6.61 Å². The first-order valence-corrected chi connectivity index (χ1v) is 6.09. The highest BCUT2D eigenvalue weighted by atomic mass is 16.5. The van der Waals surface area contributed by atoms with Crippen LogP contribution in [0.3, 0.4) is 0 Å². The van der Waals surface area contributed by atoms with Gasteiger partial charge >= 0.3 is 6.03 Å². The molecule has 1 aromatic rings. The molecule has 0 aliphatic heterocycles. The smallest absolute Gasteiger partial charge is 0.321 e. The molecule has 0 heterocycles. The molecule has 0 aromatic heterocycles. The van der Waals surface area contributed by atoms with Crippen LogP contribution in [-0.2, 0) is 4.79 Å². The van der Waals surface area contributed by atoms with Crippen LogP contribution in [0.1, 0.15) is 13.8 Å². The van der Waals surface area contributed by atoms with Crippen molar-refractivity contribution in [1.82, 2.24) is 10.6 Å². The van der Waals surface area contributed by atoms with Gasteiger partial charge in [0.25, 0.3) is 5.91 Å². The van der Waals surface area contributed by atoms with E-state index in [-0.39, 0.29) is 6.61 Å². The Balaban J connectivity index is 2.35. The van der Waals surface area contributed by atoms with E-state index in [1.165, 1.54) is 0 Å². The lowest BCUT2D eigenvalue weighted by atomic mass is 10.3. The summed E-state index contributed by atoms with van der Waals surface area (Å²) in [5, 5.41) is 4.60. The summed E-state index contributed by atoms with van der Waals surface area (Å²) >= 11 is 0. The highest BCUT2D eigenvalue weighted by Crippen LogP contribution is 2.17. The maximum Gasteiger partial charge on any atom is 0.321 e. The average molecular weight is 266 g/mol. The summed E-state index contributed by atoms with van der Waals surface area (Å²) in [6, 6.07) is 6.37. The molecule has 0 unspecified atom stereocenters. The van der Waals surface area contributed by atoms with Gasteiger partial charge in [0.15, 0.2) is 6.61 Å². The van der Waals surface area contributed by atoms with Gasteiger partial charge in [-0.05, 0) is 38.1 Å². The fourth-order valence-corrected chi connectivity index (χ4v) is 1.32. The zero-order valence-corrected chi connectivity index (χ0v) is 11.1. The van der Waals surface area contributed by atoms with Gasteiger partial charge in [-0.3, -0.25) is 10.1 Å². The molecule has 6 nitrogen and oxygen atoms in total. The van der Waals surface area contributed by atoms with Crippen molar-refractivity contribution in [3.8, 4) is 11.5 Å². The predicted molar refractivity (Wildman–Crippen MR) is 70.3 cm³/mol. The van der Waals surface area contributed by atoms with E-state index in [9.17, 15) is 9.59 Å². The third-order valence-corrected chi connectivity index (χ3v) is 2.09. The van der Waals surface area contributed by atoms with Crippen molar-refractivity contribution in [2.45, 2.75) is 13.8 Å². The summed E-state index contributed by atoms with van der Waals surface area (Å²) in [7, 11) is 0. The van der Waals surface area contributed by atoms with Crippen molar-refractivity contribution in [2.24, 2.45) is 0 Å². The van der Waals surface area contributed by atoms with Gasteiger partial charge in [0, 0.05) is 6.54 Å². The lowest BCUT2D eigenvalue weighted by molar-refractivity contribution is -0.122. The minimum atomic E-state index is -0.525. The van der Waals surface area contributed by atoms with Crippen LogP contribution in [0.4, 0.5) is 4.79 Å². The Kier molecular flexibility index (Phi) is 6.21. The molecule has 19 heavy (non-hydrogen) atoms. The summed E-state index contributed by atoms with van der Waals surface area (Å²) < 4.78 is 10.5. The number of ether oxygens (including phenoxy) is 2. The molecule has 0 aliphatic carbocycles. The van der Waals surface area contributed by atoms with Gasteiger partial charge in [-0.2, -0.15) is 0 Å². The molecule has 0 spiro atoms. The van der Waals surface area contributed by atoms with Gasteiger partial charge in [-0.1, -0.05) is 0 Å². The van der Waals surface area contributed by atoms with E-state index in [0.29, 0.717) is 18.9 Å². The predicted octanol–water partition coefficient (Wildman–Crippen LogP) is 1.31. The van der Waals surface area contributed by atoms with E-state index in [1.54, 1.807) is 31.2 Å². The zero-order valence-electron chi connectivity index (χ0n) is 11.1. The van der Waals surface area contributed by atoms with Crippen LogP contribution in [0.15, 0.2) is 24.3 Å². The van der Waals surface area contributed by atoms with E-state index in [4.69, 9.17) is 9.47 Å². The first kappa shape index (κ1) is 14.8. The molecule has 0 aliphatic rings. The summed E-state index contributed by atoms with van der Waals surface area (Å²) in [6.07, 6.45) is 0. The van der Waals surface area contributed by atoms with Crippen LogP contribution in [0, 0.1) is 0 Å².